The van der Waals surface area contributed by atoms with Crippen LogP contribution in [0.3, 0.4) is 0 Å². The van der Waals surface area contributed by atoms with Gasteiger partial charge in [0.15, 0.2) is 0 Å². The Bertz CT molecular complexity index is 2640. The van der Waals surface area contributed by atoms with E-state index >= 15 is 0 Å². The molecule has 9 aromatic rings. The predicted molar refractivity (Wildman–Crippen MR) is 209 cm³/mol. The number of benzene rings is 7. The van der Waals surface area contributed by atoms with Gasteiger partial charge >= 0.3 is 0 Å². The molecule has 234 valence electrons. The molecule has 0 N–H and O–H groups in total. The van der Waals surface area contributed by atoms with E-state index in [1.54, 1.807) is 0 Å². The molecule has 0 saturated carbocycles. The van der Waals surface area contributed by atoms with Crippen molar-refractivity contribution in [3.8, 4) is 50.5 Å². The molecule has 0 radical (unpaired) electrons. The third-order valence-electron chi connectivity index (χ3n) is 9.91. The summed E-state index contributed by atoms with van der Waals surface area (Å²) >= 11 is 0. The second-order valence-electron chi connectivity index (χ2n) is 12.8. The van der Waals surface area contributed by atoms with Crippen LogP contribution in [0.2, 0.25) is 0 Å². The third-order valence-corrected chi connectivity index (χ3v) is 9.91. The SMILES string of the molecule is c1ccc(-c2cc(-n3c4ccccc4c4cc5c(cc43)N(c3ccccc3)c3ccccc3-c3ccccc3-5)cc(-c3ccccc3)n2)cc1. The van der Waals surface area contributed by atoms with Crippen molar-refractivity contribution in [1.29, 1.82) is 0 Å². The van der Waals surface area contributed by atoms with Crippen molar-refractivity contribution in [2.75, 3.05) is 4.90 Å². The van der Waals surface area contributed by atoms with Gasteiger partial charge in [0.1, 0.15) is 0 Å². The van der Waals surface area contributed by atoms with Crippen molar-refractivity contribution in [3.63, 3.8) is 0 Å². The summed E-state index contributed by atoms with van der Waals surface area (Å²) in [6, 6.07) is 67.4. The molecule has 50 heavy (non-hydrogen) atoms. The number of aromatic nitrogens is 2. The molecule has 0 bridgehead atoms. The largest absolute Gasteiger partial charge is 0.309 e. The molecule has 0 saturated heterocycles. The summed E-state index contributed by atoms with van der Waals surface area (Å²) in [7, 11) is 0. The Balaban J connectivity index is 1.33. The predicted octanol–water partition coefficient (Wildman–Crippen LogP) is 12.6. The first-order chi connectivity index (χ1) is 24.8. The van der Waals surface area contributed by atoms with Crippen molar-refractivity contribution < 1.29 is 0 Å². The Hall–Kier alpha value is -6.71. The number of rotatable bonds is 4. The van der Waals surface area contributed by atoms with Crippen LogP contribution in [0.15, 0.2) is 188 Å². The highest BCUT2D eigenvalue weighted by Gasteiger charge is 2.28. The van der Waals surface area contributed by atoms with Crippen LogP contribution in [0.4, 0.5) is 17.1 Å². The van der Waals surface area contributed by atoms with Crippen molar-refractivity contribution in [2.24, 2.45) is 0 Å². The summed E-state index contributed by atoms with van der Waals surface area (Å²) < 4.78 is 2.43. The monoisotopic (exact) mass is 637 g/mol. The fraction of sp³-hybridized carbons (Fsp3) is 0. The normalized spacial score (nSPS) is 12.0. The first kappa shape index (κ1) is 28.3. The van der Waals surface area contributed by atoms with E-state index in [0.29, 0.717) is 0 Å². The Morgan fingerprint density at radius 2 is 0.880 bits per heavy atom. The van der Waals surface area contributed by atoms with E-state index < -0.39 is 0 Å². The van der Waals surface area contributed by atoms with Gasteiger partial charge in [-0.3, -0.25) is 0 Å². The molecular weight excluding hydrogens is 607 g/mol. The lowest BCUT2D eigenvalue weighted by Gasteiger charge is -2.27. The maximum atomic E-state index is 5.21. The highest BCUT2D eigenvalue weighted by atomic mass is 15.2. The third kappa shape index (κ3) is 4.48. The van der Waals surface area contributed by atoms with Crippen LogP contribution >= 0.6 is 0 Å². The van der Waals surface area contributed by atoms with Gasteiger partial charge in [-0.1, -0.05) is 140 Å². The second kappa shape index (κ2) is 11.5. The molecule has 0 amide bonds. The molecule has 0 unspecified atom stereocenters. The molecule has 2 aromatic heterocycles. The zero-order valence-corrected chi connectivity index (χ0v) is 27.2. The molecule has 3 nitrogen and oxygen atoms in total. The average molecular weight is 638 g/mol. The van der Waals surface area contributed by atoms with Crippen LogP contribution in [0.25, 0.3) is 72.3 Å². The molecular formula is C47H31N3. The van der Waals surface area contributed by atoms with Crippen molar-refractivity contribution in [3.05, 3.63) is 188 Å². The molecule has 1 aliphatic rings. The summed E-state index contributed by atoms with van der Waals surface area (Å²) in [5.41, 5.74) is 15.8. The Kier molecular flexibility index (Phi) is 6.49. The summed E-state index contributed by atoms with van der Waals surface area (Å²) in [4.78, 5) is 7.64. The van der Waals surface area contributed by atoms with Gasteiger partial charge in [-0.2, -0.15) is 0 Å². The first-order valence-electron chi connectivity index (χ1n) is 17.1. The van der Waals surface area contributed by atoms with Gasteiger partial charge in [0.05, 0.1) is 39.5 Å². The zero-order valence-electron chi connectivity index (χ0n) is 27.2. The van der Waals surface area contributed by atoms with E-state index in [4.69, 9.17) is 4.98 Å². The molecule has 0 fully saturated rings. The fourth-order valence-electron chi connectivity index (χ4n) is 7.68. The molecule has 1 aliphatic heterocycles. The highest BCUT2D eigenvalue weighted by molar-refractivity contribution is 6.14. The quantitative estimate of drug-likeness (QED) is 0.191. The summed E-state index contributed by atoms with van der Waals surface area (Å²) in [5.74, 6) is 0. The van der Waals surface area contributed by atoms with Gasteiger partial charge in [-0.25, -0.2) is 4.98 Å². The van der Waals surface area contributed by atoms with E-state index in [1.807, 2.05) is 0 Å². The number of nitrogens with zero attached hydrogens (tertiary/aromatic N) is 3. The van der Waals surface area contributed by atoms with Crippen molar-refractivity contribution in [2.45, 2.75) is 0 Å². The summed E-state index contributed by atoms with van der Waals surface area (Å²) in [6.07, 6.45) is 0. The fourth-order valence-corrected chi connectivity index (χ4v) is 7.68. The van der Waals surface area contributed by atoms with E-state index in [-0.39, 0.29) is 0 Å². The lowest BCUT2D eigenvalue weighted by Crippen LogP contribution is -2.11. The minimum absolute atomic E-state index is 0.941. The van der Waals surface area contributed by atoms with Gasteiger partial charge in [0.2, 0.25) is 0 Å². The molecule has 3 heterocycles. The Morgan fingerprint density at radius 1 is 0.340 bits per heavy atom. The van der Waals surface area contributed by atoms with E-state index in [2.05, 4.69) is 198 Å². The molecule has 10 rings (SSSR count). The Labute approximate surface area is 291 Å². The standard InChI is InChI=1S/C47H31N3/c1-4-16-32(17-5-1)42-28-35(29-43(48-42)33-18-6-2-7-19-33)50-45-27-15-13-25-39(45)41-30-40-37-23-11-10-22-36(37)38-24-12-14-26-44(38)49(46(40)31-47(41)50)34-20-8-3-9-21-34/h1-31H. The summed E-state index contributed by atoms with van der Waals surface area (Å²) in [6.45, 7) is 0. The van der Waals surface area contributed by atoms with Crippen LogP contribution in [0.1, 0.15) is 0 Å². The number of para-hydroxylation sites is 3. The van der Waals surface area contributed by atoms with Gasteiger partial charge in [-0.05, 0) is 59.7 Å². The topological polar surface area (TPSA) is 21.1 Å². The van der Waals surface area contributed by atoms with Gasteiger partial charge in [0, 0.05) is 38.7 Å². The first-order valence-corrected chi connectivity index (χ1v) is 17.1. The number of hydrogen-bond donors (Lipinski definition) is 0. The molecule has 3 heteroatoms. The number of pyridine rings is 1. The van der Waals surface area contributed by atoms with Crippen LogP contribution < -0.4 is 4.90 Å². The lowest BCUT2D eigenvalue weighted by molar-refractivity contribution is 1.16. The summed E-state index contributed by atoms with van der Waals surface area (Å²) in [5, 5.41) is 2.43. The number of hydrogen-bond acceptors (Lipinski definition) is 2. The minimum Gasteiger partial charge on any atom is -0.309 e. The second-order valence-corrected chi connectivity index (χ2v) is 12.8. The lowest BCUT2D eigenvalue weighted by atomic mass is 9.94. The number of anilines is 3. The maximum Gasteiger partial charge on any atom is 0.0730 e. The van der Waals surface area contributed by atoms with Crippen LogP contribution in [-0.2, 0) is 0 Å². The molecule has 0 atom stereocenters. The van der Waals surface area contributed by atoms with Gasteiger partial charge in [0.25, 0.3) is 0 Å². The highest BCUT2D eigenvalue weighted by Crippen LogP contribution is 2.52. The van der Waals surface area contributed by atoms with Crippen LogP contribution in [0.5, 0.6) is 0 Å². The zero-order chi connectivity index (χ0) is 33.0. The van der Waals surface area contributed by atoms with Crippen LogP contribution in [0, 0.1) is 0 Å². The maximum absolute atomic E-state index is 5.21. The van der Waals surface area contributed by atoms with E-state index in [0.717, 1.165) is 56.3 Å². The molecule has 0 spiro atoms. The Morgan fingerprint density at radius 3 is 1.56 bits per heavy atom. The van der Waals surface area contributed by atoms with Gasteiger partial charge in [-0.15, -0.1) is 0 Å². The van der Waals surface area contributed by atoms with Gasteiger partial charge < -0.3 is 9.47 Å². The average Bonchev–Trinajstić information content (AvgIpc) is 3.46. The van der Waals surface area contributed by atoms with E-state index in [9.17, 15) is 0 Å². The van der Waals surface area contributed by atoms with Crippen molar-refractivity contribution >= 4 is 38.9 Å². The smallest absolute Gasteiger partial charge is 0.0730 e. The molecule has 7 aromatic carbocycles. The van der Waals surface area contributed by atoms with Crippen molar-refractivity contribution in [1.82, 2.24) is 9.55 Å². The minimum atomic E-state index is 0.941. The van der Waals surface area contributed by atoms with Crippen LogP contribution in [-0.4, -0.2) is 9.55 Å². The van der Waals surface area contributed by atoms with E-state index in [1.165, 1.54) is 33.0 Å². The number of fused-ring (bicyclic) bond motifs is 8. The molecule has 0 aliphatic carbocycles.